The second-order valence-corrected chi connectivity index (χ2v) is 4.89. The van der Waals surface area contributed by atoms with Crippen molar-refractivity contribution in [3.8, 4) is 16.9 Å². The molecule has 2 rings (SSSR count). The van der Waals surface area contributed by atoms with Crippen LogP contribution in [0.5, 0.6) is 5.75 Å². The van der Waals surface area contributed by atoms with Crippen LogP contribution >= 0.6 is 15.9 Å². The molecular formula is C14H12BrFO. The van der Waals surface area contributed by atoms with Crippen LogP contribution in [0.3, 0.4) is 0 Å². The van der Waals surface area contributed by atoms with E-state index in [0.717, 1.165) is 26.7 Å². The first-order chi connectivity index (χ1) is 8.00. The first-order valence-corrected chi connectivity index (χ1v) is 6.04. The number of hydrogen-bond acceptors (Lipinski definition) is 1. The van der Waals surface area contributed by atoms with Gasteiger partial charge in [0.2, 0.25) is 0 Å². The standard InChI is InChI=1S/C14H12BrFO/c1-8-7-12(15)13(9(2)14(8)17)10-3-5-11(16)6-4-10/h3-7,17H,1-2H3. The van der Waals surface area contributed by atoms with Gasteiger partial charge in [0, 0.05) is 10.0 Å². The number of phenolic OH excluding ortho intramolecular Hbond substituents is 1. The van der Waals surface area contributed by atoms with Gasteiger partial charge in [-0.1, -0.05) is 28.1 Å². The lowest BCUT2D eigenvalue weighted by molar-refractivity contribution is 0.467. The molecule has 0 aliphatic rings. The summed E-state index contributed by atoms with van der Waals surface area (Å²) in [6, 6.07) is 8.10. The summed E-state index contributed by atoms with van der Waals surface area (Å²) in [5.74, 6) is 0.0198. The van der Waals surface area contributed by atoms with Gasteiger partial charge in [-0.2, -0.15) is 0 Å². The maximum absolute atomic E-state index is 12.9. The van der Waals surface area contributed by atoms with Gasteiger partial charge in [-0.3, -0.25) is 0 Å². The Morgan fingerprint density at radius 3 is 2.29 bits per heavy atom. The lowest BCUT2D eigenvalue weighted by Crippen LogP contribution is -1.89. The molecule has 1 nitrogen and oxygen atoms in total. The quantitative estimate of drug-likeness (QED) is 0.816. The molecule has 0 radical (unpaired) electrons. The van der Waals surface area contributed by atoms with Crippen LogP contribution in [0, 0.1) is 19.7 Å². The average molecular weight is 295 g/mol. The van der Waals surface area contributed by atoms with Crippen LogP contribution in [0.25, 0.3) is 11.1 Å². The van der Waals surface area contributed by atoms with E-state index < -0.39 is 0 Å². The van der Waals surface area contributed by atoms with Crippen LogP contribution in [0.4, 0.5) is 4.39 Å². The number of rotatable bonds is 1. The van der Waals surface area contributed by atoms with Crippen molar-refractivity contribution in [3.05, 3.63) is 51.7 Å². The maximum atomic E-state index is 12.9. The highest BCUT2D eigenvalue weighted by atomic mass is 79.9. The van der Waals surface area contributed by atoms with Gasteiger partial charge in [-0.15, -0.1) is 0 Å². The molecule has 0 aliphatic carbocycles. The molecule has 0 saturated heterocycles. The molecule has 2 aromatic carbocycles. The van der Waals surface area contributed by atoms with Gasteiger partial charge < -0.3 is 5.11 Å². The van der Waals surface area contributed by atoms with E-state index in [-0.39, 0.29) is 11.6 Å². The van der Waals surface area contributed by atoms with Crippen molar-refractivity contribution in [2.75, 3.05) is 0 Å². The minimum atomic E-state index is -0.265. The van der Waals surface area contributed by atoms with E-state index in [9.17, 15) is 9.50 Å². The van der Waals surface area contributed by atoms with Crippen LogP contribution in [-0.2, 0) is 0 Å². The highest BCUT2D eigenvalue weighted by molar-refractivity contribution is 9.10. The summed E-state index contributed by atoms with van der Waals surface area (Å²) in [6.07, 6.45) is 0. The Bertz CT molecular complexity index is 561. The van der Waals surface area contributed by atoms with E-state index in [4.69, 9.17) is 0 Å². The number of aromatic hydroxyl groups is 1. The van der Waals surface area contributed by atoms with Crippen molar-refractivity contribution < 1.29 is 9.50 Å². The number of halogens is 2. The summed E-state index contributed by atoms with van der Waals surface area (Å²) in [7, 11) is 0. The summed E-state index contributed by atoms with van der Waals surface area (Å²) >= 11 is 3.48. The first kappa shape index (κ1) is 12.1. The number of benzene rings is 2. The zero-order chi connectivity index (χ0) is 12.6. The van der Waals surface area contributed by atoms with Crippen molar-refractivity contribution in [1.29, 1.82) is 0 Å². The molecule has 0 spiro atoms. The fourth-order valence-corrected chi connectivity index (χ4v) is 2.76. The fraction of sp³-hybridized carbons (Fsp3) is 0.143. The normalized spacial score (nSPS) is 10.6. The third-order valence-electron chi connectivity index (χ3n) is 2.82. The molecule has 2 aromatic rings. The second-order valence-electron chi connectivity index (χ2n) is 4.03. The summed E-state index contributed by atoms with van der Waals surface area (Å²) in [5.41, 5.74) is 3.39. The van der Waals surface area contributed by atoms with Gasteiger partial charge in [0.05, 0.1) is 0 Å². The average Bonchev–Trinajstić information content (AvgIpc) is 2.29. The molecular weight excluding hydrogens is 283 g/mol. The monoisotopic (exact) mass is 294 g/mol. The van der Waals surface area contributed by atoms with E-state index in [1.165, 1.54) is 12.1 Å². The van der Waals surface area contributed by atoms with Crippen molar-refractivity contribution in [2.24, 2.45) is 0 Å². The summed E-state index contributed by atoms with van der Waals surface area (Å²) in [5, 5.41) is 9.93. The minimum absolute atomic E-state index is 0.265. The van der Waals surface area contributed by atoms with Crippen LogP contribution in [-0.4, -0.2) is 5.11 Å². The van der Waals surface area contributed by atoms with E-state index >= 15 is 0 Å². The second kappa shape index (κ2) is 4.49. The summed E-state index contributed by atoms with van der Waals surface area (Å²) in [4.78, 5) is 0. The Balaban J connectivity index is 2.67. The Morgan fingerprint density at radius 2 is 1.71 bits per heavy atom. The van der Waals surface area contributed by atoms with Crippen molar-refractivity contribution in [2.45, 2.75) is 13.8 Å². The molecule has 0 unspecified atom stereocenters. The molecule has 0 aromatic heterocycles. The molecule has 17 heavy (non-hydrogen) atoms. The summed E-state index contributed by atoms with van der Waals surface area (Å²) < 4.78 is 13.8. The molecule has 1 N–H and O–H groups in total. The lowest BCUT2D eigenvalue weighted by atomic mass is 9.97. The Labute approximate surface area is 108 Å². The number of phenols is 1. The lowest BCUT2D eigenvalue weighted by Gasteiger charge is -2.12. The predicted molar refractivity (Wildman–Crippen MR) is 70.7 cm³/mol. The predicted octanol–water partition coefficient (Wildman–Crippen LogP) is 4.58. The minimum Gasteiger partial charge on any atom is -0.507 e. The van der Waals surface area contributed by atoms with E-state index in [1.807, 2.05) is 19.9 Å². The van der Waals surface area contributed by atoms with Crippen molar-refractivity contribution in [1.82, 2.24) is 0 Å². The molecule has 3 heteroatoms. The zero-order valence-electron chi connectivity index (χ0n) is 9.59. The molecule has 0 aliphatic heterocycles. The smallest absolute Gasteiger partial charge is 0.123 e. The maximum Gasteiger partial charge on any atom is 0.123 e. The highest BCUT2D eigenvalue weighted by Gasteiger charge is 2.12. The molecule has 0 fully saturated rings. The zero-order valence-corrected chi connectivity index (χ0v) is 11.2. The largest absolute Gasteiger partial charge is 0.507 e. The molecule has 0 bridgehead atoms. The van der Waals surface area contributed by atoms with Gasteiger partial charge >= 0.3 is 0 Å². The van der Waals surface area contributed by atoms with Gasteiger partial charge in [0.15, 0.2) is 0 Å². The molecule has 0 atom stereocenters. The van der Waals surface area contributed by atoms with Gasteiger partial charge in [-0.05, 0) is 48.7 Å². The molecule has 88 valence electrons. The highest BCUT2D eigenvalue weighted by Crippen LogP contribution is 2.38. The van der Waals surface area contributed by atoms with E-state index in [1.54, 1.807) is 12.1 Å². The van der Waals surface area contributed by atoms with E-state index in [2.05, 4.69) is 15.9 Å². The Morgan fingerprint density at radius 1 is 1.12 bits per heavy atom. The van der Waals surface area contributed by atoms with Crippen LogP contribution in [0.1, 0.15) is 11.1 Å². The van der Waals surface area contributed by atoms with Crippen LogP contribution in [0.15, 0.2) is 34.8 Å². The van der Waals surface area contributed by atoms with Gasteiger partial charge in [0.1, 0.15) is 11.6 Å². The Kier molecular flexibility index (Phi) is 3.20. The van der Waals surface area contributed by atoms with E-state index in [0.29, 0.717) is 0 Å². The number of aryl methyl sites for hydroxylation is 1. The summed E-state index contributed by atoms with van der Waals surface area (Å²) in [6.45, 7) is 3.70. The van der Waals surface area contributed by atoms with Gasteiger partial charge in [-0.25, -0.2) is 4.39 Å². The number of hydrogen-bond donors (Lipinski definition) is 1. The molecule has 0 saturated carbocycles. The third-order valence-corrected chi connectivity index (χ3v) is 3.44. The van der Waals surface area contributed by atoms with Gasteiger partial charge in [0.25, 0.3) is 0 Å². The van der Waals surface area contributed by atoms with Crippen molar-refractivity contribution in [3.63, 3.8) is 0 Å². The fourth-order valence-electron chi connectivity index (χ4n) is 1.89. The first-order valence-electron chi connectivity index (χ1n) is 5.25. The SMILES string of the molecule is Cc1cc(Br)c(-c2ccc(F)cc2)c(C)c1O. The Hall–Kier alpha value is -1.35. The third kappa shape index (κ3) is 2.20. The van der Waals surface area contributed by atoms with Crippen molar-refractivity contribution >= 4 is 15.9 Å². The van der Waals surface area contributed by atoms with Crippen LogP contribution in [0.2, 0.25) is 0 Å². The molecule has 0 heterocycles. The molecule has 0 amide bonds. The van der Waals surface area contributed by atoms with Crippen LogP contribution < -0.4 is 0 Å². The topological polar surface area (TPSA) is 20.2 Å².